The van der Waals surface area contributed by atoms with Crippen LogP contribution in [0.25, 0.3) is 5.83 Å². The van der Waals surface area contributed by atoms with Crippen LogP contribution < -0.4 is 10.6 Å². The molecule has 2 N–H and O–H groups in total. The van der Waals surface area contributed by atoms with Crippen LogP contribution in [0.5, 0.6) is 0 Å². The summed E-state index contributed by atoms with van der Waals surface area (Å²) in [6.07, 6.45) is -15.3. The maximum atomic E-state index is 15.2. The normalized spacial score (nSPS) is 14.3. The average molecular weight is 693 g/mol. The SMILES string of the molecule is CC(NC(=O)c1ccc(/C(F)=C/C(c2cc(Cl)c(Cl)c(C#CC(C)(C)C)c2)C(F)(F)F)cc1C(F)(F)F)C(=O)NCC(F)(F)F. The summed E-state index contributed by atoms with van der Waals surface area (Å²) in [5.41, 5.74) is -5.26. The molecule has 45 heavy (non-hydrogen) atoms. The average Bonchev–Trinajstić information content (AvgIpc) is 2.88. The predicted molar refractivity (Wildman–Crippen MR) is 148 cm³/mol. The van der Waals surface area contributed by atoms with E-state index in [0.717, 1.165) is 19.1 Å². The van der Waals surface area contributed by atoms with E-state index in [1.165, 1.54) is 5.32 Å². The van der Waals surface area contributed by atoms with E-state index in [1.54, 1.807) is 26.1 Å². The van der Waals surface area contributed by atoms with Gasteiger partial charge >= 0.3 is 18.5 Å². The summed E-state index contributed by atoms with van der Waals surface area (Å²) in [7, 11) is 0. The highest BCUT2D eigenvalue weighted by molar-refractivity contribution is 6.42. The number of rotatable bonds is 7. The van der Waals surface area contributed by atoms with Crippen molar-refractivity contribution in [2.24, 2.45) is 5.41 Å². The molecular formula is C29H24Cl2F10N2O2. The lowest BCUT2D eigenvalue weighted by atomic mass is 9.93. The Hall–Kier alpha value is -3.44. The molecule has 16 heteroatoms. The first kappa shape index (κ1) is 37.7. The van der Waals surface area contributed by atoms with Crippen LogP contribution in [0, 0.1) is 17.3 Å². The van der Waals surface area contributed by atoms with E-state index < -0.39 is 82.3 Å². The van der Waals surface area contributed by atoms with Gasteiger partial charge in [-0.05, 0) is 63.6 Å². The Balaban J connectivity index is 2.54. The van der Waals surface area contributed by atoms with Crippen molar-refractivity contribution in [3.63, 3.8) is 0 Å². The Morgan fingerprint density at radius 2 is 1.56 bits per heavy atom. The molecule has 2 aromatic carbocycles. The fraction of sp³-hybridized carbons (Fsp3) is 0.379. The molecular weight excluding hydrogens is 669 g/mol. The Bertz CT molecular complexity index is 1530. The maximum Gasteiger partial charge on any atom is 0.417 e. The van der Waals surface area contributed by atoms with E-state index >= 15 is 4.39 Å². The number of hydrogen-bond donors (Lipinski definition) is 2. The van der Waals surface area contributed by atoms with Gasteiger partial charge in [0.2, 0.25) is 5.91 Å². The molecule has 0 aliphatic carbocycles. The largest absolute Gasteiger partial charge is 0.417 e. The topological polar surface area (TPSA) is 58.2 Å². The molecule has 2 atom stereocenters. The van der Waals surface area contributed by atoms with Gasteiger partial charge in [0, 0.05) is 16.5 Å². The molecule has 0 spiro atoms. The number of carbonyl (C=O) groups is 2. The second kappa shape index (κ2) is 13.9. The highest BCUT2D eigenvalue weighted by atomic mass is 35.5. The van der Waals surface area contributed by atoms with E-state index in [9.17, 15) is 49.1 Å². The van der Waals surface area contributed by atoms with Gasteiger partial charge < -0.3 is 10.6 Å². The molecule has 0 aliphatic heterocycles. The third kappa shape index (κ3) is 11.1. The number of amides is 2. The summed E-state index contributed by atoms with van der Waals surface area (Å²) in [6, 6.07) is 1.13. The molecule has 0 aliphatic rings. The lowest BCUT2D eigenvalue weighted by Gasteiger charge is -2.20. The van der Waals surface area contributed by atoms with Gasteiger partial charge in [-0.15, -0.1) is 0 Å². The minimum Gasteiger partial charge on any atom is -0.345 e. The Morgan fingerprint density at radius 3 is 2.07 bits per heavy atom. The van der Waals surface area contributed by atoms with Gasteiger partial charge in [0.1, 0.15) is 24.3 Å². The van der Waals surface area contributed by atoms with Crippen LogP contribution in [-0.2, 0) is 11.0 Å². The maximum absolute atomic E-state index is 15.2. The summed E-state index contributed by atoms with van der Waals surface area (Å²) < 4.78 is 136. The first-order chi connectivity index (χ1) is 20.3. The molecule has 2 amide bonds. The first-order valence-electron chi connectivity index (χ1n) is 12.6. The van der Waals surface area contributed by atoms with Crippen LogP contribution in [0.3, 0.4) is 0 Å². The smallest absolute Gasteiger partial charge is 0.345 e. The van der Waals surface area contributed by atoms with Crippen LogP contribution in [0.2, 0.25) is 10.0 Å². The van der Waals surface area contributed by atoms with Crippen molar-refractivity contribution in [1.29, 1.82) is 0 Å². The minimum absolute atomic E-state index is 0.0167. The molecule has 0 fully saturated rings. The lowest BCUT2D eigenvalue weighted by molar-refractivity contribution is -0.140. The van der Waals surface area contributed by atoms with Gasteiger partial charge in [0.25, 0.3) is 5.91 Å². The Morgan fingerprint density at radius 1 is 0.956 bits per heavy atom. The fourth-order valence-corrected chi connectivity index (χ4v) is 3.95. The molecule has 2 unspecified atom stereocenters. The third-order valence-corrected chi connectivity index (χ3v) is 6.50. The molecule has 4 nitrogen and oxygen atoms in total. The van der Waals surface area contributed by atoms with Gasteiger partial charge in [-0.25, -0.2) is 4.39 Å². The molecule has 0 saturated carbocycles. The van der Waals surface area contributed by atoms with Crippen molar-refractivity contribution in [3.8, 4) is 11.8 Å². The first-order valence-corrected chi connectivity index (χ1v) is 13.4. The molecule has 246 valence electrons. The van der Waals surface area contributed by atoms with Gasteiger partial charge in [0.05, 0.1) is 21.2 Å². The molecule has 0 heterocycles. The fourth-order valence-electron chi connectivity index (χ4n) is 3.56. The van der Waals surface area contributed by atoms with E-state index in [4.69, 9.17) is 23.2 Å². The summed E-state index contributed by atoms with van der Waals surface area (Å²) in [6.45, 7) is 4.28. The van der Waals surface area contributed by atoms with E-state index in [1.807, 2.05) is 0 Å². The van der Waals surface area contributed by atoms with Crippen molar-refractivity contribution < 1.29 is 53.5 Å². The number of carbonyl (C=O) groups excluding carboxylic acids is 2. The monoisotopic (exact) mass is 692 g/mol. The van der Waals surface area contributed by atoms with Gasteiger partial charge in [-0.1, -0.05) is 41.1 Å². The second-order valence-corrected chi connectivity index (χ2v) is 11.5. The van der Waals surface area contributed by atoms with E-state index in [-0.39, 0.29) is 27.8 Å². The van der Waals surface area contributed by atoms with Crippen molar-refractivity contribution in [2.45, 2.75) is 58.2 Å². The predicted octanol–water partition coefficient (Wildman–Crippen LogP) is 8.86. The number of hydrogen-bond acceptors (Lipinski definition) is 2. The zero-order chi connectivity index (χ0) is 34.7. The van der Waals surface area contributed by atoms with Gasteiger partial charge in [0.15, 0.2) is 0 Å². The zero-order valence-corrected chi connectivity index (χ0v) is 25.2. The summed E-state index contributed by atoms with van der Waals surface area (Å²) in [5, 5.41) is 2.72. The van der Waals surface area contributed by atoms with Crippen molar-refractivity contribution >= 4 is 40.8 Å². The number of benzene rings is 2. The minimum atomic E-state index is -5.35. The number of alkyl halides is 9. The molecule has 0 aromatic heterocycles. The summed E-state index contributed by atoms with van der Waals surface area (Å²) >= 11 is 12.1. The van der Waals surface area contributed by atoms with Crippen LogP contribution >= 0.6 is 23.2 Å². The number of allylic oxidation sites excluding steroid dienone is 1. The standard InChI is InChI=1S/C29H24Cl2F10N2O2/c1-14(24(44)42-13-27(33,34)35)43-25(45)18-6-5-15(10-20(18)29(39,40)41)22(32)12-19(28(36,37)38)17-9-16(7-8-26(2,3)4)23(31)21(30)11-17/h5-6,9-12,14,19H,13H2,1-4H3,(H,42,44)(H,43,45)/b22-12-. The highest BCUT2D eigenvalue weighted by Gasteiger charge is 2.41. The lowest BCUT2D eigenvalue weighted by Crippen LogP contribution is -2.47. The van der Waals surface area contributed by atoms with Gasteiger partial charge in [-0.2, -0.15) is 39.5 Å². The van der Waals surface area contributed by atoms with Crippen LogP contribution in [-0.4, -0.2) is 36.8 Å². The molecule has 2 rings (SSSR count). The molecule has 2 aromatic rings. The Labute approximate surface area is 261 Å². The second-order valence-electron chi connectivity index (χ2n) is 10.7. The van der Waals surface area contributed by atoms with Crippen molar-refractivity contribution in [3.05, 3.63) is 74.3 Å². The quantitative estimate of drug-likeness (QED) is 0.225. The molecule has 0 saturated heterocycles. The highest BCUT2D eigenvalue weighted by Crippen LogP contribution is 2.42. The summed E-state index contributed by atoms with van der Waals surface area (Å²) in [4.78, 5) is 24.3. The van der Waals surface area contributed by atoms with E-state index in [0.29, 0.717) is 12.1 Å². The molecule has 0 radical (unpaired) electrons. The van der Waals surface area contributed by atoms with Crippen molar-refractivity contribution in [1.82, 2.24) is 10.6 Å². The number of nitrogens with one attached hydrogen (secondary N) is 2. The zero-order valence-electron chi connectivity index (χ0n) is 23.7. The van der Waals surface area contributed by atoms with Crippen molar-refractivity contribution in [2.75, 3.05) is 6.54 Å². The van der Waals surface area contributed by atoms with Crippen LogP contribution in [0.15, 0.2) is 36.4 Å². The van der Waals surface area contributed by atoms with Crippen LogP contribution in [0.4, 0.5) is 43.9 Å². The van der Waals surface area contributed by atoms with Crippen LogP contribution in [0.1, 0.15) is 66.2 Å². The molecule has 0 bridgehead atoms. The number of halogens is 12. The van der Waals surface area contributed by atoms with Gasteiger partial charge in [-0.3, -0.25) is 9.59 Å². The summed E-state index contributed by atoms with van der Waals surface area (Å²) in [5.74, 6) is -2.02. The third-order valence-electron chi connectivity index (χ3n) is 5.70. The Kier molecular flexibility index (Phi) is 11.7. The van der Waals surface area contributed by atoms with E-state index in [2.05, 4.69) is 11.8 Å².